The van der Waals surface area contributed by atoms with Crippen LogP contribution in [0.25, 0.3) is 0 Å². The first kappa shape index (κ1) is 28.9. The Morgan fingerprint density at radius 2 is 2.05 bits per heavy atom. The van der Waals surface area contributed by atoms with Gasteiger partial charge in [0.15, 0.2) is 5.82 Å². The number of anilines is 2. The van der Waals surface area contributed by atoms with Crippen LogP contribution in [-0.4, -0.2) is 54.2 Å². The van der Waals surface area contributed by atoms with Gasteiger partial charge in [-0.15, -0.1) is 0 Å². The summed E-state index contributed by atoms with van der Waals surface area (Å²) in [7, 11) is 0. The Morgan fingerprint density at radius 3 is 2.81 bits per heavy atom. The van der Waals surface area contributed by atoms with Gasteiger partial charge in [0.05, 0.1) is 28.6 Å². The van der Waals surface area contributed by atoms with E-state index in [2.05, 4.69) is 21.6 Å². The molecular formula is C32H34ClN7O3. The number of nitrogens with zero attached hydrogens (tertiary/aromatic N) is 4. The number of rotatable bonds is 9. The largest absolute Gasteiger partial charge is 0.445 e. The zero-order valence-electron chi connectivity index (χ0n) is 23.8. The molecule has 11 heteroatoms. The van der Waals surface area contributed by atoms with Crippen molar-refractivity contribution in [3.05, 3.63) is 82.1 Å². The third kappa shape index (κ3) is 6.74. The Labute approximate surface area is 255 Å². The normalized spacial score (nSPS) is 22.6. The SMILES string of the molecule is N#Cc1ccc(C(=N)c2ncc(N3CC[C@H]4C(CNC(=O)OCc5ccccc5)[C@H]4C3)nc2NC2CCCCO2)c(Cl)c1. The van der Waals surface area contributed by atoms with Gasteiger partial charge in [0.25, 0.3) is 0 Å². The summed E-state index contributed by atoms with van der Waals surface area (Å²) in [5.41, 5.74) is 2.37. The zero-order chi connectivity index (χ0) is 29.8. The molecule has 6 rings (SSSR count). The molecule has 1 aliphatic carbocycles. The van der Waals surface area contributed by atoms with E-state index in [0.717, 1.165) is 50.2 Å². The molecule has 222 valence electrons. The van der Waals surface area contributed by atoms with Gasteiger partial charge in [-0.05, 0) is 67.2 Å². The topological polar surface area (TPSA) is 136 Å². The zero-order valence-corrected chi connectivity index (χ0v) is 24.5. The molecule has 1 saturated carbocycles. The molecule has 3 N–H and O–H groups in total. The van der Waals surface area contributed by atoms with Crippen LogP contribution in [-0.2, 0) is 16.1 Å². The number of benzene rings is 2. The Hall–Kier alpha value is -4.20. The molecule has 0 radical (unpaired) electrons. The second-order valence-electron chi connectivity index (χ2n) is 11.3. The number of nitriles is 1. The molecule has 43 heavy (non-hydrogen) atoms. The van der Waals surface area contributed by atoms with Crippen LogP contribution in [0.1, 0.15) is 48.1 Å². The van der Waals surface area contributed by atoms with E-state index in [1.165, 1.54) is 0 Å². The maximum Gasteiger partial charge on any atom is 0.407 e. The fraction of sp³-hybridized carbons (Fsp3) is 0.406. The van der Waals surface area contributed by atoms with Crippen LogP contribution >= 0.6 is 11.6 Å². The molecule has 10 nitrogen and oxygen atoms in total. The number of carbonyl (C=O) groups is 1. The van der Waals surface area contributed by atoms with Crippen molar-refractivity contribution < 1.29 is 14.3 Å². The molecule has 4 atom stereocenters. The van der Waals surface area contributed by atoms with E-state index in [9.17, 15) is 10.1 Å². The van der Waals surface area contributed by atoms with E-state index >= 15 is 0 Å². The van der Waals surface area contributed by atoms with E-state index in [1.807, 2.05) is 30.3 Å². The van der Waals surface area contributed by atoms with Gasteiger partial charge in [0.1, 0.15) is 24.3 Å². The number of halogens is 1. The highest BCUT2D eigenvalue weighted by molar-refractivity contribution is 6.35. The van der Waals surface area contributed by atoms with Crippen LogP contribution in [0.3, 0.4) is 0 Å². The number of hydrogen-bond acceptors (Lipinski definition) is 9. The van der Waals surface area contributed by atoms with Crippen molar-refractivity contribution in [1.29, 1.82) is 10.7 Å². The highest BCUT2D eigenvalue weighted by atomic mass is 35.5. The predicted molar refractivity (Wildman–Crippen MR) is 163 cm³/mol. The Balaban J connectivity index is 1.12. The van der Waals surface area contributed by atoms with E-state index in [0.29, 0.717) is 58.6 Å². The highest BCUT2D eigenvalue weighted by Gasteiger charge is 2.52. The van der Waals surface area contributed by atoms with Gasteiger partial charge < -0.3 is 25.0 Å². The summed E-state index contributed by atoms with van der Waals surface area (Å²) >= 11 is 6.45. The van der Waals surface area contributed by atoms with Gasteiger partial charge in [0, 0.05) is 31.8 Å². The Bertz CT molecular complexity index is 1520. The number of carbonyl (C=O) groups excluding carboxylic acids is 1. The molecule has 0 bridgehead atoms. The van der Waals surface area contributed by atoms with Crippen LogP contribution in [0.15, 0.2) is 54.7 Å². The summed E-state index contributed by atoms with van der Waals surface area (Å²) in [5.74, 6) is 2.64. The van der Waals surface area contributed by atoms with Crippen molar-refractivity contribution in [1.82, 2.24) is 15.3 Å². The number of fused-ring (bicyclic) bond motifs is 1. The fourth-order valence-electron chi connectivity index (χ4n) is 6.10. The maximum atomic E-state index is 12.3. The first-order valence-corrected chi connectivity index (χ1v) is 15.1. The average molecular weight is 600 g/mol. The van der Waals surface area contributed by atoms with E-state index in [4.69, 9.17) is 36.5 Å². The van der Waals surface area contributed by atoms with Crippen LogP contribution in [0.2, 0.25) is 5.02 Å². The molecule has 3 aromatic rings. The lowest BCUT2D eigenvalue weighted by molar-refractivity contribution is 0.0341. The molecule has 1 amide bonds. The number of amides is 1. The highest BCUT2D eigenvalue weighted by Crippen LogP contribution is 2.51. The lowest BCUT2D eigenvalue weighted by Gasteiger charge is -2.29. The number of piperidine rings is 1. The van der Waals surface area contributed by atoms with E-state index in [1.54, 1.807) is 24.4 Å². The predicted octanol–water partition coefficient (Wildman–Crippen LogP) is 5.36. The van der Waals surface area contributed by atoms with Crippen molar-refractivity contribution in [3.63, 3.8) is 0 Å². The minimum Gasteiger partial charge on any atom is -0.445 e. The van der Waals surface area contributed by atoms with Crippen LogP contribution in [0, 0.1) is 34.5 Å². The molecule has 3 fully saturated rings. The minimum atomic E-state index is -0.392. The summed E-state index contributed by atoms with van der Waals surface area (Å²) in [6.45, 7) is 3.17. The van der Waals surface area contributed by atoms with Crippen molar-refractivity contribution in [2.75, 3.05) is 36.5 Å². The lowest BCUT2D eigenvalue weighted by atomic mass is 10.0. The van der Waals surface area contributed by atoms with Gasteiger partial charge in [-0.25, -0.2) is 14.8 Å². The number of alkyl carbamates (subject to hydrolysis) is 1. The van der Waals surface area contributed by atoms with Crippen LogP contribution < -0.4 is 15.5 Å². The summed E-state index contributed by atoms with van der Waals surface area (Å²) in [4.78, 5) is 24.1. The Kier molecular flexibility index (Phi) is 8.72. The van der Waals surface area contributed by atoms with Crippen LogP contribution in [0.5, 0.6) is 0 Å². The second kappa shape index (κ2) is 13.0. The lowest BCUT2D eigenvalue weighted by Crippen LogP contribution is -2.33. The van der Waals surface area contributed by atoms with E-state index in [-0.39, 0.29) is 18.5 Å². The van der Waals surface area contributed by atoms with Gasteiger partial charge in [-0.2, -0.15) is 5.26 Å². The molecule has 2 aromatic carbocycles. The number of nitrogens with one attached hydrogen (secondary N) is 3. The molecule has 1 aromatic heterocycles. The first-order chi connectivity index (χ1) is 21.0. The first-order valence-electron chi connectivity index (χ1n) is 14.7. The molecule has 2 aliphatic heterocycles. The number of aromatic nitrogens is 2. The third-order valence-electron chi connectivity index (χ3n) is 8.53. The summed E-state index contributed by atoms with van der Waals surface area (Å²) in [5, 5.41) is 24.8. The fourth-order valence-corrected chi connectivity index (χ4v) is 6.37. The summed E-state index contributed by atoms with van der Waals surface area (Å²) in [6.07, 6.45) is 5.01. The third-order valence-corrected chi connectivity index (χ3v) is 8.85. The van der Waals surface area contributed by atoms with Crippen LogP contribution in [0.4, 0.5) is 16.4 Å². The molecule has 2 unspecified atom stereocenters. The van der Waals surface area contributed by atoms with Gasteiger partial charge >= 0.3 is 6.09 Å². The van der Waals surface area contributed by atoms with Crippen molar-refractivity contribution in [2.24, 2.45) is 17.8 Å². The quantitative estimate of drug-likeness (QED) is 0.280. The molecule has 3 heterocycles. The molecular weight excluding hydrogens is 566 g/mol. The Morgan fingerprint density at radius 1 is 1.19 bits per heavy atom. The van der Waals surface area contributed by atoms with Gasteiger partial charge in [-0.3, -0.25) is 5.41 Å². The summed E-state index contributed by atoms with van der Waals surface area (Å²) in [6, 6.07) is 16.6. The second-order valence-corrected chi connectivity index (χ2v) is 11.7. The van der Waals surface area contributed by atoms with Gasteiger partial charge in [-0.1, -0.05) is 41.9 Å². The monoisotopic (exact) mass is 599 g/mol. The number of ether oxygens (including phenoxy) is 2. The standard InChI is InChI=1S/C32H34ClN7O3/c33-26-14-21(15-34)9-10-23(26)29(35)30-31(39-28-8-4-5-13-42-28)38-27(17-36-30)40-12-11-22-24(25(22)18-40)16-37-32(41)43-19-20-6-2-1-3-7-20/h1-3,6-7,9-10,14,17,22,24-25,28,35H,4-5,8,11-13,16,18-19H2,(H,37,41)(H,38,39)/t22-,24?,25-,28?/m0/s1. The molecule has 3 aliphatic rings. The van der Waals surface area contributed by atoms with Crippen molar-refractivity contribution >= 4 is 35.0 Å². The summed E-state index contributed by atoms with van der Waals surface area (Å²) < 4.78 is 11.3. The minimum absolute atomic E-state index is 0.123. The number of hydrogen-bond donors (Lipinski definition) is 3. The molecule has 0 spiro atoms. The maximum absolute atomic E-state index is 12.3. The molecule has 2 saturated heterocycles. The van der Waals surface area contributed by atoms with Crippen molar-refractivity contribution in [2.45, 2.75) is 38.5 Å². The van der Waals surface area contributed by atoms with Crippen molar-refractivity contribution in [3.8, 4) is 6.07 Å². The van der Waals surface area contributed by atoms with Gasteiger partial charge in [0.2, 0.25) is 0 Å². The smallest absolute Gasteiger partial charge is 0.407 e. The van der Waals surface area contributed by atoms with E-state index < -0.39 is 6.09 Å². The average Bonchev–Trinajstić information content (AvgIpc) is 3.75.